The first-order chi connectivity index (χ1) is 9.20. The fraction of sp³-hybridized carbons (Fsp3) is 0.357. The Labute approximate surface area is 117 Å². The molecule has 1 aromatic carbocycles. The van der Waals surface area contributed by atoms with Crippen molar-refractivity contribution in [1.29, 1.82) is 0 Å². The maximum absolute atomic E-state index is 6.09. The molecule has 2 rings (SSSR count). The first-order valence-corrected chi connectivity index (χ1v) is 6.49. The molecule has 0 aliphatic rings. The summed E-state index contributed by atoms with van der Waals surface area (Å²) in [6, 6.07) is 5.78. The zero-order valence-electron chi connectivity index (χ0n) is 11.1. The van der Waals surface area contributed by atoms with Crippen LogP contribution >= 0.6 is 11.6 Å². The third kappa shape index (κ3) is 3.80. The number of nitrogens with one attached hydrogen (secondary N) is 1. The van der Waals surface area contributed by atoms with Crippen molar-refractivity contribution in [3.8, 4) is 11.5 Å². The van der Waals surface area contributed by atoms with E-state index in [2.05, 4.69) is 10.3 Å². The number of hydrogen-bond donors (Lipinski definition) is 1. The van der Waals surface area contributed by atoms with E-state index in [1.807, 2.05) is 25.1 Å². The number of halogens is 1. The van der Waals surface area contributed by atoms with Crippen molar-refractivity contribution in [2.45, 2.75) is 13.5 Å². The summed E-state index contributed by atoms with van der Waals surface area (Å²) < 4.78 is 10.4. The Balaban J connectivity index is 2.01. The van der Waals surface area contributed by atoms with Crippen molar-refractivity contribution in [3.05, 3.63) is 40.7 Å². The lowest BCUT2D eigenvalue weighted by molar-refractivity contribution is 0.199. The summed E-state index contributed by atoms with van der Waals surface area (Å²) in [7, 11) is 1.68. The van der Waals surface area contributed by atoms with Gasteiger partial charge in [0.2, 0.25) is 5.89 Å². The summed E-state index contributed by atoms with van der Waals surface area (Å²) in [6.45, 7) is 4.09. The average molecular weight is 281 g/mol. The van der Waals surface area contributed by atoms with Gasteiger partial charge in [0.25, 0.3) is 0 Å². The highest BCUT2D eigenvalue weighted by Gasteiger charge is 2.07. The summed E-state index contributed by atoms with van der Waals surface area (Å²) in [5, 5.41) is 3.93. The van der Waals surface area contributed by atoms with E-state index in [0.717, 1.165) is 28.4 Å². The molecule has 5 heteroatoms. The van der Waals surface area contributed by atoms with E-state index in [0.29, 0.717) is 19.0 Å². The molecule has 0 saturated heterocycles. The van der Waals surface area contributed by atoms with E-state index in [4.69, 9.17) is 20.8 Å². The maximum Gasteiger partial charge on any atom is 0.226 e. The summed E-state index contributed by atoms with van der Waals surface area (Å²) >= 11 is 6.09. The van der Waals surface area contributed by atoms with E-state index in [9.17, 15) is 0 Å². The molecule has 0 bridgehead atoms. The highest BCUT2D eigenvalue weighted by Crippen LogP contribution is 2.24. The Morgan fingerprint density at radius 2 is 2.26 bits per heavy atom. The molecule has 1 aromatic heterocycles. The van der Waals surface area contributed by atoms with Crippen LogP contribution in [0.2, 0.25) is 5.02 Å². The van der Waals surface area contributed by atoms with E-state index in [1.165, 1.54) is 0 Å². The van der Waals surface area contributed by atoms with Crippen molar-refractivity contribution in [1.82, 2.24) is 10.3 Å². The van der Waals surface area contributed by atoms with Gasteiger partial charge in [0.05, 0.1) is 12.3 Å². The molecule has 0 fully saturated rings. The summed E-state index contributed by atoms with van der Waals surface area (Å²) in [5.74, 6) is 0.588. The molecule has 0 saturated carbocycles. The number of hydrogen-bond acceptors (Lipinski definition) is 4. The minimum atomic E-state index is 0.588. The Bertz CT molecular complexity index is 540. The summed E-state index contributed by atoms with van der Waals surface area (Å²) in [5.41, 5.74) is 2.79. The minimum Gasteiger partial charge on any atom is -0.444 e. The van der Waals surface area contributed by atoms with Gasteiger partial charge in [-0.05, 0) is 24.6 Å². The fourth-order valence-corrected chi connectivity index (χ4v) is 1.82. The quantitative estimate of drug-likeness (QED) is 0.826. The first kappa shape index (κ1) is 14.1. The van der Waals surface area contributed by atoms with Crippen molar-refractivity contribution in [2.24, 2.45) is 0 Å². The fourth-order valence-electron chi connectivity index (χ4n) is 1.64. The van der Waals surface area contributed by atoms with Gasteiger partial charge in [-0.2, -0.15) is 0 Å². The van der Waals surface area contributed by atoms with Gasteiger partial charge in [-0.1, -0.05) is 17.7 Å². The Morgan fingerprint density at radius 3 is 3.00 bits per heavy atom. The third-order valence-corrected chi connectivity index (χ3v) is 3.17. The lowest BCUT2D eigenvalue weighted by Crippen LogP contribution is -2.18. The van der Waals surface area contributed by atoms with Crippen molar-refractivity contribution in [3.63, 3.8) is 0 Å². The SMILES string of the molecule is COCCNCc1coc(-c2ccc(C)c(Cl)c2)n1. The van der Waals surface area contributed by atoms with Crippen LogP contribution < -0.4 is 5.32 Å². The number of aromatic nitrogens is 1. The molecule has 0 spiro atoms. The standard InChI is InChI=1S/C14H17ClN2O2/c1-10-3-4-11(7-13(10)15)14-17-12(9-19-14)8-16-5-6-18-2/h3-4,7,9,16H,5-6,8H2,1-2H3. The van der Waals surface area contributed by atoms with Crippen LogP contribution in [0.3, 0.4) is 0 Å². The number of aryl methyl sites for hydroxylation is 1. The Morgan fingerprint density at radius 1 is 1.42 bits per heavy atom. The molecule has 0 aliphatic heterocycles. The van der Waals surface area contributed by atoms with Gasteiger partial charge in [0.15, 0.2) is 0 Å². The van der Waals surface area contributed by atoms with Crippen LogP contribution in [0.25, 0.3) is 11.5 Å². The molecule has 1 N–H and O–H groups in total. The van der Waals surface area contributed by atoms with Gasteiger partial charge < -0.3 is 14.5 Å². The highest BCUT2D eigenvalue weighted by atomic mass is 35.5. The highest BCUT2D eigenvalue weighted by molar-refractivity contribution is 6.31. The second kappa shape index (κ2) is 6.70. The summed E-state index contributed by atoms with van der Waals surface area (Å²) in [6.07, 6.45) is 1.66. The van der Waals surface area contributed by atoms with E-state index < -0.39 is 0 Å². The largest absolute Gasteiger partial charge is 0.444 e. The second-order valence-corrected chi connectivity index (χ2v) is 4.68. The zero-order valence-corrected chi connectivity index (χ0v) is 11.8. The van der Waals surface area contributed by atoms with Crippen LogP contribution in [-0.2, 0) is 11.3 Å². The van der Waals surface area contributed by atoms with Crippen molar-refractivity contribution >= 4 is 11.6 Å². The molecule has 1 heterocycles. The smallest absolute Gasteiger partial charge is 0.226 e. The van der Waals surface area contributed by atoms with Crippen LogP contribution in [0, 0.1) is 6.92 Å². The van der Waals surface area contributed by atoms with Crippen LogP contribution in [0.15, 0.2) is 28.9 Å². The molecule has 0 amide bonds. The molecule has 0 atom stereocenters. The number of nitrogens with zero attached hydrogens (tertiary/aromatic N) is 1. The number of methoxy groups -OCH3 is 1. The second-order valence-electron chi connectivity index (χ2n) is 4.28. The predicted molar refractivity (Wildman–Crippen MR) is 75.3 cm³/mol. The van der Waals surface area contributed by atoms with Crippen LogP contribution in [0.5, 0.6) is 0 Å². The van der Waals surface area contributed by atoms with Gasteiger partial charge in [-0.15, -0.1) is 0 Å². The average Bonchev–Trinajstić information content (AvgIpc) is 2.87. The Kier molecular flexibility index (Phi) is 4.96. The zero-order chi connectivity index (χ0) is 13.7. The van der Waals surface area contributed by atoms with E-state index in [1.54, 1.807) is 13.4 Å². The molecule has 0 aliphatic carbocycles. The van der Waals surface area contributed by atoms with Gasteiger partial charge >= 0.3 is 0 Å². The maximum atomic E-state index is 6.09. The minimum absolute atomic E-state index is 0.588. The number of benzene rings is 1. The summed E-state index contributed by atoms with van der Waals surface area (Å²) in [4.78, 5) is 4.42. The van der Waals surface area contributed by atoms with Crippen LogP contribution in [0.1, 0.15) is 11.3 Å². The van der Waals surface area contributed by atoms with Gasteiger partial charge in [0, 0.05) is 30.8 Å². The lowest BCUT2D eigenvalue weighted by Gasteiger charge is -2.00. The monoisotopic (exact) mass is 280 g/mol. The first-order valence-electron chi connectivity index (χ1n) is 6.11. The number of oxazole rings is 1. The van der Waals surface area contributed by atoms with Crippen molar-refractivity contribution < 1.29 is 9.15 Å². The van der Waals surface area contributed by atoms with E-state index in [-0.39, 0.29) is 0 Å². The topological polar surface area (TPSA) is 47.3 Å². The van der Waals surface area contributed by atoms with Crippen LogP contribution in [0.4, 0.5) is 0 Å². The van der Waals surface area contributed by atoms with Gasteiger partial charge in [-0.25, -0.2) is 4.98 Å². The van der Waals surface area contributed by atoms with Crippen molar-refractivity contribution in [2.75, 3.05) is 20.3 Å². The Hall–Kier alpha value is -1.36. The molecule has 0 unspecified atom stereocenters. The molecule has 2 aromatic rings. The molecule has 102 valence electrons. The van der Waals surface area contributed by atoms with E-state index >= 15 is 0 Å². The molecule has 19 heavy (non-hydrogen) atoms. The van der Waals surface area contributed by atoms with Gasteiger partial charge in [0.1, 0.15) is 6.26 Å². The number of ether oxygens (including phenoxy) is 1. The third-order valence-electron chi connectivity index (χ3n) is 2.76. The molecule has 4 nitrogen and oxygen atoms in total. The lowest BCUT2D eigenvalue weighted by atomic mass is 10.1. The number of rotatable bonds is 6. The predicted octanol–water partition coefficient (Wildman–Crippen LogP) is 3.04. The normalized spacial score (nSPS) is 10.9. The molecular formula is C14H17ClN2O2. The molecular weight excluding hydrogens is 264 g/mol. The van der Waals surface area contributed by atoms with Crippen LogP contribution in [-0.4, -0.2) is 25.2 Å². The molecule has 0 radical (unpaired) electrons. The van der Waals surface area contributed by atoms with Gasteiger partial charge in [-0.3, -0.25) is 0 Å².